The van der Waals surface area contributed by atoms with Crippen molar-refractivity contribution in [3.63, 3.8) is 0 Å². The van der Waals surface area contributed by atoms with Gasteiger partial charge in [0.2, 0.25) is 0 Å². The van der Waals surface area contributed by atoms with Crippen LogP contribution in [0, 0.1) is 5.92 Å². The third kappa shape index (κ3) is 7.80. The van der Waals surface area contributed by atoms with Crippen molar-refractivity contribution in [1.82, 2.24) is 0 Å². The molecule has 25 heavy (non-hydrogen) atoms. The Morgan fingerprint density at radius 2 is 1.48 bits per heavy atom. The molecule has 1 aliphatic rings. The summed E-state index contributed by atoms with van der Waals surface area (Å²) >= 11 is 0. The molecule has 1 aromatic rings. The lowest BCUT2D eigenvalue weighted by atomic mass is 9.83. The van der Waals surface area contributed by atoms with Gasteiger partial charge < -0.3 is 0 Å². The van der Waals surface area contributed by atoms with Gasteiger partial charge in [0.1, 0.15) is 0 Å². The number of unbranched alkanes of at least 4 members (excludes halogenated alkanes) is 7. The highest BCUT2D eigenvalue weighted by molar-refractivity contribution is 5.66. The van der Waals surface area contributed by atoms with E-state index in [1.165, 1.54) is 101 Å². The summed E-state index contributed by atoms with van der Waals surface area (Å²) in [6.45, 7) is 4.59. The molecule has 0 aromatic heterocycles. The molecule has 1 unspecified atom stereocenters. The standard InChI is InChI=1S/C25H40/c1-3-5-7-8-9-11-13-23-16-20-25(21-17-23)24-18-14-22(15-19-24)12-10-6-4-2/h16-18,20-22H,3-15,19H2,1-2H3. The fraction of sp³-hybridized carbons (Fsp3) is 0.680. The fourth-order valence-corrected chi connectivity index (χ4v) is 4.09. The van der Waals surface area contributed by atoms with Crippen molar-refractivity contribution in [3.05, 3.63) is 41.5 Å². The quantitative estimate of drug-likeness (QED) is 0.335. The van der Waals surface area contributed by atoms with Gasteiger partial charge in [0.15, 0.2) is 0 Å². The first-order valence-electron chi connectivity index (χ1n) is 11.1. The van der Waals surface area contributed by atoms with Crippen molar-refractivity contribution >= 4 is 5.57 Å². The van der Waals surface area contributed by atoms with Gasteiger partial charge in [-0.15, -0.1) is 0 Å². The smallest absolute Gasteiger partial charge is 0.0228 e. The van der Waals surface area contributed by atoms with Gasteiger partial charge in [-0.3, -0.25) is 0 Å². The van der Waals surface area contributed by atoms with Gasteiger partial charge >= 0.3 is 0 Å². The molecule has 0 aliphatic heterocycles. The summed E-state index contributed by atoms with van der Waals surface area (Å²) in [7, 11) is 0. The van der Waals surface area contributed by atoms with E-state index in [0.29, 0.717) is 0 Å². The highest BCUT2D eigenvalue weighted by Gasteiger charge is 2.15. The van der Waals surface area contributed by atoms with Crippen molar-refractivity contribution in [2.45, 2.75) is 104 Å². The molecule has 1 aliphatic carbocycles. The van der Waals surface area contributed by atoms with Crippen LogP contribution in [0.4, 0.5) is 0 Å². The van der Waals surface area contributed by atoms with Crippen LogP contribution in [-0.4, -0.2) is 0 Å². The minimum absolute atomic E-state index is 0.947. The van der Waals surface area contributed by atoms with E-state index < -0.39 is 0 Å². The van der Waals surface area contributed by atoms with Crippen LogP contribution in [0.5, 0.6) is 0 Å². The van der Waals surface area contributed by atoms with Crippen molar-refractivity contribution in [2.24, 2.45) is 5.92 Å². The number of hydrogen-bond acceptors (Lipinski definition) is 0. The summed E-state index contributed by atoms with van der Waals surface area (Å²) in [5, 5.41) is 0. The van der Waals surface area contributed by atoms with Crippen LogP contribution in [0.1, 0.15) is 108 Å². The van der Waals surface area contributed by atoms with Crippen LogP contribution in [0.2, 0.25) is 0 Å². The number of rotatable bonds is 12. The van der Waals surface area contributed by atoms with E-state index >= 15 is 0 Å². The van der Waals surface area contributed by atoms with Crippen LogP contribution in [0.3, 0.4) is 0 Å². The van der Waals surface area contributed by atoms with E-state index in [0.717, 1.165) is 5.92 Å². The third-order valence-electron chi connectivity index (χ3n) is 5.88. The Morgan fingerprint density at radius 1 is 0.800 bits per heavy atom. The Morgan fingerprint density at radius 3 is 2.16 bits per heavy atom. The predicted molar refractivity (Wildman–Crippen MR) is 113 cm³/mol. The Balaban J connectivity index is 1.71. The highest BCUT2D eigenvalue weighted by Crippen LogP contribution is 2.32. The Bertz CT molecular complexity index is 479. The molecule has 0 radical (unpaired) electrons. The van der Waals surface area contributed by atoms with Crippen molar-refractivity contribution in [3.8, 4) is 0 Å². The van der Waals surface area contributed by atoms with Gasteiger partial charge in [-0.25, -0.2) is 0 Å². The molecule has 0 saturated carbocycles. The minimum atomic E-state index is 0.947. The zero-order valence-electron chi connectivity index (χ0n) is 16.9. The molecule has 1 aromatic carbocycles. The summed E-state index contributed by atoms with van der Waals surface area (Å²) in [5.74, 6) is 0.947. The SMILES string of the molecule is CCCCCCCCc1ccc(C2=CCC(CCCCC)CC2)cc1. The maximum absolute atomic E-state index is 2.53. The summed E-state index contributed by atoms with van der Waals surface area (Å²) in [6.07, 6.45) is 21.7. The average molecular weight is 341 g/mol. The molecule has 1 atom stereocenters. The van der Waals surface area contributed by atoms with E-state index in [1.807, 2.05) is 0 Å². The molecular weight excluding hydrogens is 300 g/mol. The topological polar surface area (TPSA) is 0 Å². The second kappa shape index (κ2) is 12.3. The summed E-state index contributed by atoms with van der Waals surface area (Å²) in [5.41, 5.74) is 4.59. The van der Waals surface area contributed by atoms with Gasteiger partial charge in [0.25, 0.3) is 0 Å². The van der Waals surface area contributed by atoms with Gasteiger partial charge in [0.05, 0.1) is 0 Å². The fourth-order valence-electron chi connectivity index (χ4n) is 4.09. The lowest BCUT2D eigenvalue weighted by molar-refractivity contribution is 0.428. The predicted octanol–water partition coefficient (Wildman–Crippen LogP) is 8.35. The van der Waals surface area contributed by atoms with Crippen LogP contribution in [-0.2, 0) is 6.42 Å². The van der Waals surface area contributed by atoms with Gasteiger partial charge in [-0.1, -0.05) is 102 Å². The molecule has 0 bridgehead atoms. The Labute approximate surface area is 157 Å². The summed E-state index contributed by atoms with van der Waals surface area (Å²) in [6, 6.07) is 9.48. The summed E-state index contributed by atoms with van der Waals surface area (Å²) < 4.78 is 0. The van der Waals surface area contributed by atoms with Gasteiger partial charge in [-0.2, -0.15) is 0 Å². The monoisotopic (exact) mass is 340 g/mol. The molecule has 140 valence electrons. The van der Waals surface area contributed by atoms with E-state index in [1.54, 1.807) is 5.57 Å². The maximum Gasteiger partial charge on any atom is -0.0228 e. The first kappa shape index (κ1) is 20.3. The maximum atomic E-state index is 2.53. The first-order valence-corrected chi connectivity index (χ1v) is 11.1. The molecule has 0 spiro atoms. The van der Waals surface area contributed by atoms with E-state index in [2.05, 4.69) is 44.2 Å². The molecule has 0 heteroatoms. The van der Waals surface area contributed by atoms with Crippen LogP contribution in [0.15, 0.2) is 30.3 Å². The molecule has 0 heterocycles. The van der Waals surface area contributed by atoms with E-state index in [4.69, 9.17) is 0 Å². The number of aryl methyl sites for hydroxylation is 1. The second-order valence-corrected chi connectivity index (χ2v) is 8.08. The van der Waals surface area contributed by atoms with E-state index in [9.17, 15) is 0 Å². The molecular formula is C25H40. The number of allylic oxidation sites excluding steroid dienone is 2. The van der Waals surface area contributed by atoms with Crippen LogP contribution >= 0.6 is 0 Å². The lowest BCUT2D eigenvalue weighted by Crippen LogP contribution is -2.05. The first-order chi connectivity index (χ1) is 12.3. The largest absolute Gasteiger partial charge is 0.0804 e. The van der Waals surface area contributed by atoms with Gasteiger partial charge in [0, 0.05) is 0 Å². The highest BCUT2D eigenvalue weighted by atomic mass is 14.2. The molecule has 0 fully saturated rings. The normalized spacial score (nSPS) is 17.5. The molecule has 0 amide bonds. The number of benzene rings is 1. The summed E-state index contributed by atoms with van der Waals surface area (Å²) in [4.78, 5) is 0. The van der Waals surface area contributed by atoms with E-state index in [-0.39, 0.29) is 0 Å². The van der Waals surface area contributed by atoms with Crippen molar-refractivity contribution in [1.29, 1.82) is 0 Å². The zero-order valence-corrected chi connectivity index (χ0v) is 16.9. The Kier molecular flexibility index (Phi) is 10.0. The Hall–Kier alpha value is -1.04. The zero-order chi connectivity index (χ0) is 17.7. The van der Waals surface area contributed by atoms with Crippen LogP contribution < -0.4 is 0 Å². The lowest BCUT2D eigenvalue weighted by Gasteiger charge is -2.22. The molecule has 0 N–H and O–H groups in total. The number of hydrogen-bond donors (Lipinski definition) is 0. The van der Waals surface area contributed by atoms with Crippen molar-refractivity contribution in [2.75, 3.05) is 0 Å². The molecule has 0 saturated heterocycles. The third-order valence-corrected chi connectivity index (χ3v) is 5.88. The average Bonchev–Trinajstić information content (AvgIpc) is 2.66. The van der Waals surface area contributed by atoms with Crippen LogP contribution in [0.25, 0.3) is 5.57 Å². The van der Waals surface area contributed by atoms with Crippen molar-refractivity contribution < 1.29 is 0 Å². The second-order valence-electron chi connectivity index (χ2n) is 8.08. The minimum Gasteiger partial charge on any atom is -0.0804 e. The molecule has 2 rings (SSSR count). The van der Waals surface area contributed by atoms with Gasteiger partial charge in [-0.05, 0) is 54.7 Å². The molecule has 0 nitrogen and oxygen atoms in total.